The second-order valence-corrected chi connectivity index (χ2v) is 4.70. The highest BCUT2D eigenvalue weighted by Gasteiger charge is 2.18. The summed E-state index contributed by atoms with van der Waals surface area (Å²) in [4.78, 5) is 23.9. The van der Waals surface area contributed by atoms with Crippen molar-refractivity contribution in [2.24, 2.45) is 0 Å². The van der Waals surface area contributed by atoms with Crippen LogP contribution < -0.4 is 5.73 Å². The molecule has 0 bridgehead atoms. The molecule has 1 aromatic carbocycles. The molecule has 7 nitrogen and oxygen atoms in total. The third kappa shape index (κ3) is 3.19. The minimum Gasteiger partial charge on any atom is -0.464 e. The second-order valence-electron chi connectivity index (χ2n) is 4.70. The number of carbonyl (C=O) groups excluding carboxylic acids is 1. The van der Waals surface area contributed by atoms with Crippen LogP contribution in [0.15, 0.2) is 34.7 Å². The number of nitrogens with two attached hydrogens (primary N) is 1. The number of nitro groups is 1. The quantitative estimate of drug-likeness (QED) is 0.528. The van der Waals surface area contributed by atoms with E-state index in [1.165, 1.54) is 23.1 Å². The number of anilines is 1. The van der Waals surface area contributed by atoms with Gasteiger partial charge in [-0.15, -0.1) is 0 Å². The normalized spacial score (nSPS) is 10.4. The van der Waals surface area contributed by atoms with Gasteiger partial charge >= 0.3 is 0 Å². The van der Waals surface area contributed by atoms with Gasteiger partial charge in [-0.3, -0.25) is 14.9 Å². The highest BCUT2D eigenvalue weighted by molar-refractivity contribution is 5.95. The van der Waals surface area contributed by atoms with Crippen LogP contribution in [0, 0.1) is 17.0 Å². The lowest BCUT2D eigenvalue weighted by Crippen LogP contribution is -2.26. The molecule has 0 radical (unpaired) electrons. The van der Waals surface area contributed by atoms with Gasteiger partial charge in [-0.1, -0.05) is 0 Å². The number of nitro benzene ring substituents is 1. The number of hydrogen-bond acceptors (Lipinski definition) is 5. The van der Waals surface area contributed by atoms with Crippen LogP contribution >= 0.6 is 0 Å². The molecular weight excluding hydrogens is 274 g/mol. The number of furan rings is 1. The summed E-state index contributed by atoms with van der Waals surface area (Å²) in [6, 6.07) is 7.60. The van der Waals surface area contributed by atoms with Gasteiger partial charge < -0.3 is 15.1 Å². The third-order valence-electron chi connectivity index (χ3n) is 3.01. The molecule has 0 saturated heterocycles. The summed E-state index contributed by atoms with van der Waals surface area (Å²) in [6.07, 6.45) is 0. The van der Waals surface area contributed by atoms with Gasteiger partial charge in [-0.2, -0.15) is 0 Å². The number of benzene rings is 1. The van der Waals surface area contributed by atoms with Gasteiger partial charge in [0.1, 0.15) is 17.2 Å². The van der Waals surface area contributed by atoms with E-state index in [1.54, 1.807) is 13.1 Å². The van der Waals surface area contributed by atoms with Crippen LogP contribution in [-0.4, -0.2) is 22.8 Å². The summed E-state index contributed by atoms with van der Waals surface area (Å²) in [5.41, 5.74) is 5.47. The molecule has 7 heteroatoms. The van der Waals surface area contributed by atoms with Crippen molar-refractivity contribution in [2.45, 2.75) is 13.5 Å². The van der Waals surface area contributed by atoms with E-state index >= 15 is 0 Å². The molecule has 2 aromatic rings. The van der Waals surface area contributed by atoms with Gasteiger partial charge in [-0.25, -0.2) is 0 Å². The van der Waals surface area contributed by atoms with Crippen molar-refractivity contribution in [2.75, 3.05) is 12.8 Å². The first-order valence-electron chi connectivity index (χ1n) is 6.23. The number of hydrogen-bond donors (Lipinski definition) is 1. The molecular formula is C14H15N3O4. The fourth-order valence-corrected chi connectivity index (χ4v) is 1.93. The average Bonchev–Trinajstić information content (AvgIpc) is 2.83. The monoisotopic (exact) mass is 289 g/mol. The molecule has 2 N–H and O–H groups in total. The summed E-state index contributed by atoms with van der Waals surface area (Å²) >= 11 is 0. The van der Waals surface area contributed by atoms with E-state index in [-0.39, 0.29) is 29.4 Å². The Balaban J connectivity index is 2.19. The summed E-state index contributed by atoms with van der Waals surface area (Å²) in [5.74, 6) is 1.06. The predicted octanol–water partition coefficient (Wildman–Crippen LogP) is 2.35. The Hall–Kier alpha value is -2.83. The van der Waals surface area contributed by atoms with E-state index < -0.39 is 4.92 Å². The number of aryl methyl sites for hydroxylation is 1. The van der Waals surface area contributed by atoms with Crippen LogP contribution in [-0.2, 0) is 6.54 Å². The van der Waals surface area contributed by atoms with E-state index in [2.05, 4.69) is 0 Å². The zero-order valence-corrected chi connectivity index (χ0v) is 11.7. The number of amides is 1. The lowest BCUT2D eigenvalue weighted by Gasteiger charge is -2.15. The highest BCUT2D eigenvalue weighted by atomic mass is 16.6. The van der Waals surface area contributed by atoms with E-state index in [0.717, 1.165) is 5.76 Å². The van der Waals surface area contributed by atoms with Crippen molar-refractivity contribution < 1.29 is 14.1 Å². The third-order valence-corrected chi connectivity index (χ3v) is 3.01. The van der Waals surface area contributed by atoms with Gasteiger partial charge in [0.05, 0.1) is 11.5 Å². The summed E-state index contributed by atoms with van der Waals surface area (Å²) in [7, 11) is 1.60. The Morgan fingerprint density at radius 3 is 2.67 bits per heavy atom. The minimum atomic E-state index is -0.609. The lowest BCUT2D eigenvalue weighted by molar-refractivity contribution is -0.383. The fraction of sp³-hybridized carbons (Fsp3) is 0.214. The van der Waals surface area contributed by atoms with E-state index in [4.69, 9.17) is 10.2 Å². The van der Waals surface area contributed by atoms with Gasteiger partial charge in [0.2, 0.25) is 0 Å². The number of nitrogens with zero attached hydrogens (tertiary/aromatic N) is 2. The standard InChI is InChI=1S/C14H15N3O4/c1-9-3-5-11(21-9)8-16(2)14(18)10-4-6-12(15)13(7-10)17(19)20/h3-7H,8,15H2,1-2H3. The minimum absolute atomic E-state index is 0.0286. The van der Waals surface area contributed by atoms with Crippen LogP contribution in [0.25, 0.3) is 0 Å². The molecule has 1 aromatic heterocycles. The zero-order valence-electron chi connectivity index (χ0n) is 11.7. The maximum atomic E-state index is 12.3. The summed E-state index contributed by atoms with van der Waals surface area (Å²) in [6.45, 7) is 2.10. The molecule has 1 amide bonds. The number of nitrogen functional groups attached to an aromatic ring is 1. The fourth-order valence-electron chi connectivity index (χ4n) is 1.93. The van der Waals surface area contributed by atoms with Crippen molar-refractivity contribution in [3.63, 3.8) is 0 Å². The molecule has 0 unspecified atom stereocenters. The molecule has 0 spiro atoms. The van der Waals surface area contributed by atoms with Crippen LogP contribution in [0.3, 0.4) is 0 Å². The van der Waals surface area contributed by atoms with E-state index in [9.17, 15) is 14.9 Å². The predicted molar refractivity (Wildman–Crippen MR) is 76.8 cm³/mol. The van der Waals surface area contributed by atoms with Crippen molar-refractivity contribution in [3.05, 3.63) is 57.5 Å². The molecule has 0 atom stereocenters. The van der Waals surface area contributed by atoms with E-state index in [1.807, 2.05) is 13.0 Å². The Kier molecular flexibility index (Phi) is 3.93. The summed E-state index contributed by atoms with van der Waals surface area (Å²) < 4.78 is 5.40. The van der Waals surface area contributed by atoms with E-state index in [0.29, 0.717) is 5.76 Å². The lowest BCUT2D eigenvalue weighted by atomic mass is 10.1. The zero-order chi connectivity index (χ0) is 15.6. The molecule has 0 aliphatic carbocycles. The number of carbonyl (C=O) groups is 1. The van der Waals surface area contributed by atoms with Gasteiger partial charge in [0, 0.05) is 18.7 Å². The molecule has 2 rings (SSSR count). The SMILES string of the molecule is Cc1ccc(CN(C)C(=O)c2ccc(N)c([N+](=O)[O-])c2)o1. The van der Waals surface area contributed by atoms with Crippen molar-refractivity contribution in [3.8, 4) is 0 Å². The topological polar surface area (TPSA) is 103 Å². The Morgan fingerprint density at radius 1 is 1.38 bits per heavy atom. The van der Waals surface area contributed by atoms with Crippen LogP contribution in [0.4, 0.5) is 11.4 Å². The maximum absolute atomic E-state index is 12.3. The smallest absolute Gasteiger partial charge is 0.292 e. The van der Waals surface area contributed by atoms with Crippen molar-refractivity contribution >= 4 is 17.3 Å². The van der Waals surface area contributed by atoms with Crippen LogP contribution in [0.5, 0.6) is 0 Å². The first kappa shape index (κ1) is 14.6. The Bertz CT molecular complexity index is 693. The molecule has 1 heterocycles. The first-order chi connectivity index (χ1) is 9.88. The van der Waals surface area contributed by atoms with Gasteiger partial charge in [-0.05, 0) is 31.2 Å². The molecule has 0 aliphatic heterocycles. The highest BCUT2D eigenvalue weighted by Crippen LogP contribution is 2.23. The van der Waals surface area contributed by atoms with Crippen molar-refractivity contribution in [1.82, 2.24) is 4.90 Å². The molecule has 0 saturated carbocycles. The molecule has 0 aliphatic rings. The largest absolute Gasteiger partial charge is 0.464 e. The first-order valence-corrected chi connectivity index (χ1v) is 6.23. The molecule has 21 heavy (non-hydrogen) atoms. The Morgan fingerprint density at radius 2 is 2.10 bits per heavy atom. The van der Waals surface area contributed by atoms with Crippen LogP contribution in [0.1, 0.15) is 21.9 Å². The van der Waals surface area contributed by atoms with Crippen LogP contribution in [0.2, 0.25) is 0 Å². The maximum Gasteiger partial charge on any atom is 0.292 e. The van der Waals surface area contributed by atoms with Gasteiger partial charge in [0.15, 0.2) is 0 Å². The second kappa shape index (κ2) is 5.66. The molecule has 110 valence electrons. The van der Waals surface area contributed by atoms with Gasteiger partial charge in [0.25, 0.3) is 11.6 Å². The van der Waals surface area contributed by atoms with Crippen molar-refractivity contribution in [1.29, 1.82) is 0 Å². The molecule has 0 fully saturated rings. The number of rotatable bonds is 4. The Labute approximate surface area is 121 Å². The summed E-state index contributed by atoms with van der Waals surface area (Å²) in [5, 5.41) is 10.8. The average molecular weight is 289 g/mol.